The SMILES string of the molecule is CCCCc1ccc(NC(C)c2cnn(C)c2)cc1. The summed E-state index contributed by atoms with van der Waals surface area (Å²) in [6.07, 6.45) is 7.65. The lowest BCUT2D eigenvalue weighted by molar-refractivity contribution is 0.765. The Morgan fingerprint density at radius 3 is 2.58 bits per heavy atom. The molecule has 1 atom stereocenters. The fourth-order valence-electron chi connectivity index (χ4n) is 2.15. The van der Waals surface area contributed by atoms with E-state index in [1.807, 2.05) is 24.1 Å². The Kier molecular flexibility index (Phi) is 4.61. The molecule has 1 heterocycles. The van der Waals surface area contributed by atoms with Gasteiger partial charge in [0.2, 0.25) is 0 Å². The third kappa shape index (κ3) is 3.85. The Labute approximate surface area is 115 Å². The second kappa shape index (κ2) is 6.41. The van der Waals surface area contributed by atoms with Gasteiger partial charge in [0.1, 0.15) is 0 Å². The van der Waals surface area contributed by atoms with Crippen LogP contribution in [0.25, 0.3) is 0 Å². The van der Waals surface area contributed by atoms with E-state index >= 15 is 0 Å². The number of hydrogen-bond donors (Lipinski definition) is 1. The average molecular weight is 257 g/mol. The molecule has 1 unspecified atom stereocenters. The second-order valence-corrected chi connectivity index (χ2v) is 5.11. The average Bonchev–Trinajstić information content (AvgIpc) is 2.85. The molecule has 0 radical (unpaired) electrons. The van der Waals surface area contributed by atoms with Gasteiger partial charge in [-0.2, -0.15) is 5.10 Å². The highest BCUT2D eigenvalue weighted by molar-refractivity contribution is 5.46. The number of nitrogens with one attached hydrogen (secondary N) is 1. The summed E-state index contributed by atoms with van der Waals surface area (Å²) in [5, 5.41) is 7.71. The summed E-state index contributed by atoms with van der Waals surface area (Å²) >= 11 is 0. The molecule has 0 bridgehead atoms. The summed E-state index contributed by atoms with van der Waals surface area (Å²) in [6, 6.07) is 9.03. The standard InChI is InChI=1S/C16H23N3/c1-4-5-6-14-7-9-16(10-8-14)18-13(2)15-11-17-19(3)12-15/h7-13,18H,4-6H2,1-3H3. The van der Waals surface area contributed by atoms with E-state index in [1.165, 1.54) is 30.4 Å². The molecule has 19 heavy (non-hydrogen) atoms. The molecule has 2 rings (SSSR count). The van der Waals surface area contributed by atoms with Gasteiger partial charge < -0.3 is 5.32 Å². The van der Waals surface area contributed by atoms with E-state index in [1.54, 1.807) is 0 Å². The van der Waals surface area contributed by atoms with Crippen molar-refractivity contribution in [3.63, 3.8) is 0 Å². The van der Waals surface area contributed by atoms with Crippen LogP contribution < -0.4 is 5.32 Å². The minimum absolute atomic E-state index is 0.273. The third-order valence-electron chi connectivity index (χ3n) is 3.38. The molecular formula is C16H23N3. The van der Waals surface area contributed by atoms with Gasteiger partial charge in [-0.25, -0.2) is 0 Å². The molecular weight excluding hydrogens is 234 g/mol. The van der Waals surface area contributed by atoms with Gasteiger partial charge in [0, 0.05) is 24.5 Å². The van der Waals surface area contributed by atoms with Crippen molar-refractivity contribution in [1.29, 1.82) is 0 Å². The van der Waals surface area contributed by atoms with E-state index in [-0.39, 0.29) is 6.04 Å². The maximum absolute atomic E-state index is 4.20. The van der Waals surface area contributed by atoms with Gasteiger partial charge in [-0.15, -0.1) is 0 Å². The fourth-order valence-corrected chi connectivity index (χ4v) is 2.15. The normalized spacial score (nSPS) is 12.4. The number of rotatable bonds is 6. The van der Waals surface area contributed by atoms with Gasteiger partial charge >= 0.3 is 0 Å². The predicted molar refractivity (Wildman–Crippen MR) is 80.3 cm³/mol. The molecule has 1 aromatic carbocycles. The van der Waals surface area contributed by atoms with Crippen LogP contribution in [0.4, 0.5) is 5.69 Å². The molecule has 0 aliphatic heterocycles. The van der Waals surface area contributed by atoms with Crippen molar-refractivity contribution in [2.75, 3.05) is 5.32 Å². The molecule has 1 N–H and O–H groups in total. The van der Waals surface area contributed by atoms with Gasteiger partial charge in [0.25, 0.3) is 0 Å². The molecule has 0 aliphatic carbocycles. The first-order chi connectivity index (χ1) is 9.19. The summed E-state index contributed by atoms with van der Waals surface area (Å²) in [4.78, 5) is 0. The third-order valence-corrected chi connectivity index (χ3v) is 3.38. The maximum Gasteiger partial charge on any atom is 0.0542 e. The van der Waals surface area contributed by atoms with Gasteiger partial charge in [0.15, 0.2) is 0 Å². The lowest BCUT2D eigenvalue weighted by Crippen LogP contribution is -2.05. The van der Waals surface area contributed by atoms with Crippen LogP contribution in [0.2, 0.25) is 0 Å². The van der Waals surface area contributed by atoms with Crippen LogP contribution in [0.3, 0.4) is 0 Å². The van der Waals surface area contributed by atoms with Crippen LogP contribution in [0.1, 0.15) is 43.9 Å². The number of nitrogens with zero attached hydrogens (tertiary/aromatic N) is 2. The highest BCUT2D eigenvalue weighted by Crippen LogP contribution is 2.19. The first-order valence-electron chi connectivity index (χ1n) is 7.03. The first-order valence-corrected chi connectivity index (χ1v) is 7.03. The summed E-state index contributed by atoms with van der Waals surface area (Å²) in [6.45, 7) is 4.38. The second-order valence-electron chi connectivity index (χ2n) is 5.11. The summed E-state index contributed by atoms with van der Waals surface area (Å²) < 4.78 is 1.83. The molecule has 2 aromatic rings. The van der Waals surface area contributed by atoms with Crippen molar-refractivity contribution in [1.82, 2.24) is 9.78 Å². The molecule has 0 amide bonds. The Morgan fingerprint density at radius 1 is 1.26 bits per heavy atom. The molecule has 3 heteroatoms. The molecule has 0 fully saturated rings. The monoisotopic (exact) mass is 257 g/mol. The topological polar surface area (TPSA) is 29.9 Å². The molecule has 102 valence electrons. The number of benzene rings is 1. The van der Waals surface area contributed by atoms with Crippen molar-refractivity contribution >= 4 is 5.69 Å². The van der Waals surface area contributed by atoms with Gasteiger partial charge in [0.05, 0.1) is 12.2 Å². The Bertz CT molecular complexity index is 499. The van der Waals surface area contributed by atoms with Gasteiger partial charge in [-0.05, 0) is 37.5 Å². The number of aromatic nitrogens is 2. The minimum Gasteiger partial charge on any atom is -0.378 e. The summed E-state index contributed by atoms with van der Waals surface area (Å²) in [5.41, 5.74) is 3.79. The van der Waals surface area contributed by atoms with Crippen LogP contribution in [0.15, 0.2) is 36.7 Å². The number of hydrogen-bond acceptors (Lipinski definition) is 2. The van der Waals surface area contributed by atoms with E-state index in [4.69, 9.17) is 0 Å². The summed E-state index contributed by atoms with van der Waals surface area (Å²) in [5.74, 6) is 0. The Balaban J connectivity index is 1.95. The van der Waals surface area contributed by atoms with Crippen molar-refractivity contribution in [2.45, 2.75) is 39.2 Å². The fraction of sp³-hybridized carbons (Fsp3) is 0.438. The first kappa shape index (κ1) is 13.7. The van der Waals surface area contributed by atoms with Crippen molar-refractivity contribution < 1.29 is 0 Å². The smallest absolute Gasteiger partial charge is 0.0542 e. The van der Waals surface area contributed by atoms with E-state index in [9.17, 15) is 0 Å². The molecule has 0 aliphatic rings. The van der Waals surface area contributed by atoms with Crippen LogP contribution in [-0.4, -0.2) is 9.78 Å². The van der Waals surface area contributed by atoms with Crippen molar-refractivity contribution in [3.8, 4) is 0 Å². The quantitative estimate of drug-likeness (QED) is 0.849. The summed E-state index contributed by atoms with van der Waals surface area (Å²) in [7, 11) is 1.94. The van der Waals surface area contributed by atoms with Gasteiger partial charge in [-0.3, -0.25) is 4.68 Å². The molecule has 0 saturated carbocycles. The van der Waals surface area contributed by atoms with Crippen molar-refractivity contribution in [3.05, 3.63) is 47.8 Å². The van der Waals surface area contributed by atoms with Crippen LogP contribution in [0.5, 0.6) is 0 Å². The van der Waals surface area contributed by atoms with Crippen molar-refractivity contribution in [2.24, 2.45) is 7.05 Å². The maximum atomic E-state index is 4.20. The Hall–Kier alpha value is -1.77. The number of unbranched alkanes of at least 4 members (excludes halogenated alkanes) is 1. The highest BCUT2D eigenvalue weighted by atomic mass is 15.2. The molecule has 3 nitrogen and oxygen atoms in total. The van der Waals surface area contributed by atoms with Crippen LogP contribution in [0, 0.1) is 0 Å². The zero-order chi connectivity index (χ0) is 13.7. The minimum atomic E-state index is 0.273. The van der Waals surface area contributed by atoms with E-state index in [0.717, 1.165) is 5.69 Å². The lowest BCUT2D eigenvalue weighted by atomic mass is 10.1. The van der Waals surface area contributed by atoms with Crippen LogP contribution >= 0.6 is 0 Å². The van der Waals surface area contributed by atoms with Gasteiger partial charge in [-0.1, -0.05) is 25.5 Å². The molecule has 0 spiro atoms. The van der Waals surface area contributed by atoms with E-state index in [0.29, 0.717) is 0 Å². The van der Waals surface area contributed by atoms with Crippen LogP contribution in [-0.2, 0) is 13.5 Å². The lowest BCUT2D eigenvalue weighted by Gasteiger charge is -2.14. The molecule has 0 saturated heterocycles. The number of aryl methyl sites for hydroxylation is 2. The number of anilines is 1. The largest absolute Gasteiger partial charge is 0.378 e. The zero-order valence-corrected chi connectivity index (χ0v) is 12.1. The van der Waals surface area contributed by atoms with E-state index in [2.05, 4.69) is 48.5 Å². The predicted octanol–water partition coefficient (Wildman–Crippen LogP) is 3.94. The Morgan fingerprint density at radius 2 is 2.00 bits per heavy atom. The molecule has 1 aromatic heterocycles. The zero-order valence-electron chi connectivity index (χ0n) is 12.1. The highest BCUT2D eigenvalue weighted by Gasteiger charge is 2.07. The van der Waals surface area contributed by atoms with E-state index < -0.39 is 0 Å².